The van der Waals surface area contributed by atoms with Crippen molar-refractivity contribution < 1.29 is 14.6 Å². The maximum Gasteiger partial charge on any atom is 0.227 e. The van der Waals surface area contributed by atoms with E-state index < -0.39 is 0 Å². The summed E-state index contributed by atoms with van der Waals surface area (Å²) in [6.07, 6.45) is 2.38. The first-order valence-corrected chi connectivity index (χ1v) is 11.9. The number of aromatic nitrogens is 2. The average Bonchev–Trinajstić information content (AvgIpc) is 3.10. The molecule has 0 saturated carbocycles. The van der Waals surface area contributed by atoms with Crippen LogP contribution in [0.4, 0.5) is 0 Å². The molecule has 3 aromatic rings. The van der Waals surface area contributed by atoms with E-state index in [0.29, 0.717) is 35.5 Å². The van der Waals surface area contributed by atoms with E-state index in [2.05, 4.69) is 18.7 Å². The van der Waals surface area contributed by atoms with Crippen molar-refractivity contribution in [2.45, 2.75) is 52.7 Å². The van der Waals surface area contributed by atoms with Crippen molar-refractivity contribution in [1.82, 2.24) is 14.7 Å². The second-order valence-corrected chi connectivity index (χ2v) is 8.62. The molecule has 0 bridgehead atoms. The lowest BCUT2D eigenvalue weighted by atomic mass is 10.1. The summed E-state index contributed by atoms with van der Waals surface area (Å²) in [5.74, 6) is 1.89. The second-order valence-electron chi connectivity index (χ2n) is 8.19. The van der Waals surface area contributed by atoms with Crippen LogP contribution in [0, 0.1) is 6.92 Å². The SMILES string of the molecule is CCC[C@@H](O)CN(CCC)Cc1c(C)nn(-c2ccc(Cl)cc2)c1Oc1ccccc1OC. The Bertz CT molecular complexity index is 1020. The zero-order chi connectivity index (χ0) is 23.8. The van der Waals surface area contributed by atoms with Crippen LogP contribution in [0.25, 0.3) is 5.69 Å². The zero-order valence-electron chi connectivity index (χ0n) is 19.9. The molecule has 7 heteroatoms. The van der Waals surface area contributed by atoms with Gasteiger partial charge in [-0.1, -0.05) is 44.0 Å². The molecule has 0 amide bonds. The lowest BCUT2D eigenvalue weighted by Crippen LogP contribution is -2.33. The van der Waals surface area contributed by atoms with Crippen LogP contribution in [-0.2, 0) is 6.54 Å². The van der Waals surface area contributed by atoms with Gasteiger partial charge in [0.15, 0.2) is 11.5 Å². The molecule has 0 unspecified atom stereocenters. The predicted octanol–water partition coefficient (Wildman–Crippen LogP) is 6.01. The van der Waals surface area contributed by atoms with Crippen LogP contribution in [0.1, 0.15) is 44.4 Å². The van der Waals surface area contributed by atoms with Crippen LogP contribution < -0.4 is 9.47 Å². The van der Waals surface area contributed by atoms with E-state index in [0.717, 1.165) is 42.8 Å². The fourth-order valence-electron chi connectivity index (χ4n) is 3.89. The van der Waals surface area contributed by atoms with Crippen molar-refractivity contribution in [1.29, 1.82) is 0 Å². The fourth-order valence-corrected chi connectivity index (χ4v) is 4.01. The first-order chi connectivity index (χ1) is 16.0. The standard InChI is InChI=1S/C26H34ClN3O3/c1-5-9-22(31)17-29(16-6-2)18-23-19(3)28-30(21-14-12-20(27)13-15-21)26(23)33-25-11-8-7-10-24(25)32-4/h7-8,10-15,22,31H,5-6,9,16-18H2,1-4H3/t22-/m1/s1. The van der Waals surface area contributed by atoms with Gasteiger partial charge in [0.05, 0.1) is 30.2 Å². The molecule has 0 fully saturated rings. The van der Waals surface area contributed by atoms with E-state index in [1.165, 1.54) is 0 Å². The lowest BCUT2D eigenvalue weighted by molar-refractivity contribution is 0.100. The number of ether oxygens (including phenoxy) is 2. The topological polar surface area (TPSA) is 59.8 Å². The summed E-state index contributed by atoms with van der Waals surface area (Å²) in [7, 11) is 1.63. The van der Waals surface area contributed by atoms with Gasteiger partial charge in [0.1, 0.15) is 0 Å². The molecule has 33 heavy (non-hydrogen) atoms. The number of aliphatic hydroxyl groups is 1. The Balaban J connectivity index is 2.03. The smallest absolute Gasteiger partial charge is 0.227 e. The number of halogens is 1. The Morgan fingerprint density at radius 3 is 2.39 bits per heavy atom. The molecule has 0 aliphatic carbocycles. The van der Waals surface area contributed by atoms with Crippen LogP contribution in [0.2, 0.25) is 5.02 Å². The van der Waals surface area contributed by atoms with Crippen molar-refractivity contribution in [2.24, 2.45) is 0 Å². The third kappa shape index (κ3) is 6.50. The molecule has 0 aliphatic heterocycles. The molecular weight excluding hydrogens is 438 g/mol. The summed E-state index contributed by atoms with van der Waals surface area (Å²) in [6, 6.07) is 15.1. The summed E-state index contributed by atoms with van der Waals surface area (Å²) >= 11 is 6.11. The molecule has 3 rings (SSSR count). The highest BCUT2D eigenvalue weighted by Crippen LogP contribution is 2.36. The van der Waals surface area contributed by atoms with Gasteiger partial charge in [0, 0.05) is 18.1 Å². The van der Waals surface area contributed by atoms with Crippen LogP contribution >= 0.6 is 11.6 Å². The van der Waals surface area contributed by atoms with E-state index in [1.54, 1.807) is 11.8 Å². The first-order valence-electron chi connectivity index (χ1n) is 11.5. The normalized spacial score (nSPS) is 12.2. The molecule has 178 valence electrons. The van der Waals surface area contributed by atoms with Crippen molar-refractivity contribution in [3.8, 4) is 23.1 Å². The molecule has 0 radical (unpaired) electrons. The Hall–Kier alpha value is -2.54. The molecule has 1 atom stereocenters. The lowest BCUT2D eigenvalue weighted by Gasteiger charge is -2.25. The molecule has 0 saturated heterocycles. The average molecular weight is 472 g/mol. The number of benzene rings is 2. The second kappa shape index (κ2) is 12.1. The minimum Gasteiger partial charge on any atom is -0.493 e. The van der Waals surface area contributed by atoms with Gasteiger partial charge in [-0.25, -0.2) is 4.68 Å². The number of methoxy groups -OCH3 is 1. The molecule has 6 nitrogen and oxygen atoms in total. The summed E-state index contributed by atoms with van der Waals surface area (Å²) < 4.78 is 13.8. The van der Waals surface area contributed by atoms with Gasteiger partial charge in [-0.15, -0.1) is 0 Å². The van der Waals surface area contributed by atoms with E-state index in [4.69, 9.17) is 26.2 Å². The first kappa shape index (κ1) is 25.1. The van der Waals surface area contributed by atoms with Crippen LogP contribution in [-0.4, -0.2) is 46.1 Å². The highest BCUT2D eigenvalue weighted by atomic mass is 35.5. The third-order valence-corrected chi connectivity index (χ3v) is 5.75. The summed E-state index contributed by atoms with van der Waals surface area (Å²) in [5, 5.41) is 15.9. The van der Waals surface area contributed by atoms with Gasteiger partial charge in [-0.05, 0) is 62.7 Å². The molecule has 2 aromatic carbocycles. The summed E-state index contributed by atoms with van der Waals surface area (Å²) in [5.41, 5.74) is 2.71. The van der Waals surface area contributed by atoms with Crippen molar-refractivity contribution in [3.63, 3.8) is 0 Å². The number of aliphatic hydroxyl groups excluding tert-OH is 1. The van der Waals surface area contributed by atoms with E-state index >= 15 is 0 Å². The van der Waals surface area contributed by atoms with Crippen molar-refractivity contribution >= 4 is 11.6 Å². The number of nitrogens with zero attached hydrogens (tertiary/aromatic N) is 3. The van der Waals surface area contributed by atoms with E-state index in [9.17, 15) is 5.11 Å². The monoisotopic (exact) mass is 471 g/mol. The number of para-hydroxylation sites is 2. The minimum absolute atomic E-state index is 0.355. The Kier molecular flexibility index (Phi) is 9.18. The van der Waals surface area contributed by atoms with E-state index in [-0.39, 0.29) is 6.10 Å². The third-order valence-electron chi connectivity index (χ3n) is 5.50. The van der Waals surface area contributed by atoms with Gasteiger partial charge >= 0.3 is 0 Å². The number of rotatable bonds is 12. The number of hydrogen-bond acceptors (Lipinski definition) is 5. The fraction of sp³-hybridized carbons (Fsp3) is 0.423. The zero-order valence-corrected chi connectivity index (χ0v) is 20.7. The minimum atomic E-state index is -0.355. The number of aryl methyl sites for hydroxylation is 1. The maximum atomic E-state index is 10.5. The largest absolute Gasteiger partial charge is 0.493 e. The molecule has 1 heterocycles. The molecule has 0 spiro atoms. The van der Waals surface area contributed by atoms with Crippen LogP contribution in [0.15, 0.2) is 48.5 Å². The molecule has 1 N–H and O–H groups in total. The Morgan fingerprint density at radius 1 is 1.06 bits per heavy atom. The van der Waals surface area contributed by atoms with Crippen LogP contribution in [0.3, 0.4) is 0 Å². The van der Waals surface area contributed by atoms with Crippen LogP contribution in [0.5, 0.6) is 17.4 Å². The Labute approximate surface area is 201 Å². The van der Waals surface area contributed by atoms with Gasteiger partial charge in [-0.3, -0.25) is 4.90 Å². The Morgan fingerprint density at radius 2 is 1.76 bits per heavy atom. The molecular formula is C26H34ClN3O3. The van der Waals surface area contributed by atoms with Gasteiger partial charge in [0.2, 0.25) is 5.88 Å². The van der Waals surface area contributed by atoms with Gasteiger partial charge in [0.25, 0.3) is 0 Å². The van der Waals surface area contributed by atoms with Crippen molar-refractivity contribution in [3.05, 3.63) is 64.8 Å². The summed E-state index contributed by atoms with van der Waals surface area (Å²) in [6.45, 7) is 8.34. The predicted molar refractivity (Wildman–Crippen MR) is 133 cm³/mol. The van der Waals surface area contributed by atoms with E-state index in [1.807, 2.05) is 55.5 Å². The molecule has 0 aliphatic rings. The number of hydrogen-bond donors (Lipinski definition) is 1. The quantitative estimate of drug-likeness (QED) is 0.350. The molecule has 1 aromatic heterocycles. The van der Waals surface area contributed by atoms with Crippen molar-refractivity contribution in [2.75, 3.05) is 20.2 Å². The summed E-state index contributed by atoms with van der Waals surface area (Å²) in [4.78, 5) is 2.27. The highest BCUT2D eigenvalue weighted by Gasteiger charge is 2.23. The van der Waals surface area contributed by atoms with Gasteiger partial charge < -0.3 is 14.6 Å². The highest BCUT2D eigenvalue weighted by molar-refractivity contribution is 6.30. The maximum absolute atomic E-state index is 10.5. The van der Waals surface area contributed by atoms with Gasteiger partial charge in [-0.2, -0.15) is 5.10 Å².